The fourth-order valence-electron chi connectivity index (χ4n) is 4.89. The van der Waals surface area contributed by atoms with Gasteiger partial charge >= 0.3 is 0 Å². The molecule has 0 saturated heterocycles. The molecule has 4 aromatic rings. The Labute approximate surface area is 195 Å². The van der Waals surface area contributed by atoms with E-state index in [0.717, 1.165) is 24.0 Å². The second-order valence-corrected chi connectivity index (χ2v) is 8.80. The molecule has 1 heterocycles. The quantitative estimate of drug-likeness (QED) is 0.350. The normalized spacial score (nSPS) is 15.2. The van der Waals surface area contributed by atoms with Crippen molar-refractivity contribution in [2.45, 2.75) is 38.1 Å². The van der Waals surface area contributed by atoms with Gasteiger partial charge in [-0.2, -0.15) is 0 Å². The lowest BCUT2D eigenvalue weighted by Gasteiger charge is -2.31. The molecule has 0 spiro atoms. The van der Waals surface area contributed by atoms with Crippen molar-refractivity contribution >= 4 is 5.91 Å². The summed E-state index contributed by atoms with van der Waals surface area (Å²) in [5.41, 5.74) is 4.25. The van der Waals surface area contributed by atoms with Crippen LogP contribution >= 0.6 is 0 Å². The van der Waals surface area contributed by atoms with E-state index >= 15 is 0 Å². The molecule has 1 aliphatic carbocycles. The fourth-order valence-corrected chi connectivity index (χ4v) is 4.89. The first-order valence-electron chi connectivity index (χ1n) is 11.9. The van der Waals surface area contributed by atoms with Gasteiger partial charge in [-0.3, -0.25) is 4.79 Å². The van der Waals surface area contributed by atoms with Gasteiger partial charge in [0.25, 0.3) is 5.91 Å². The van der Waals surface area contributed by atoms with Crippen LogP contribution in [0.1, 0.15) is 54.2 Å². The standard InChI is InChI=1S/C29H29N3O/c33-29(32-25(21-13-5-1-6-14-21)22-15-7-2-8-16-22)27-26(23-17-9-3-10-18-23)30-28(31-27)24-19-11-4-12-20-24/h1,3-6,9-14,17-20,22,25H,2,7-8,15-16H2,(H,30,31)(H,32,33). The minimum Gasteiger partial charge on any atom is -0.344 e. The van der Waals surface area contributed by atoms with Crippen LogP contribution in [0, 0.1) is 5.92 Å². The Morgan fingerprint density at radius 2 is 1.36 bits per heavy atom. The maximum Gasteiger partial charge on any atom is 0.270 e. The molecule has 0 bridgehead atoms. The fraction of sp³-hybridized carbons (Fsp3) is 0.241. The summed E-state index contributed by atoms with van der Waals surface area (Å²) in [6.07, 6.45) is 6.01. The van der Waals surface area contributed by atoms with E-state index in [-0.39, 0.29) is 11.9 Å². The molecular weight excluding hydrogens is 406 g/mol. The predicted molar refractivity (Wildman–Crippen MR) is 133 cm³/mol. The van der Waals surface area contributed by atoms with Crippen LogP contribution in [0.4, 0.5) is 0 Å². The van der Waals surface area contributed by atoms with E-state index < -0.39 is 0 Å². The van der Waals surface area contributed by atoms with E-state index in [0.29, 0.717) is 23.1 Å². The number of benzene rings is 3. The summed E-state index contributed by atoms with van der Waals surface area (Å²) in [4.78, 5) is 21.9. The van der Waals surface area contributed by atoms with Gasteiger partial charge in [0.05, 0.1) is 6.04 Å². The summed E-state index contributed by atoms with van der Waals surface area (Å²) in [5, 5.41) is 3.38. The van der Waals surface area contributed by atoms with Crippen LogP contribution in [0.3, 0.4) is 0 Å². The summed E-state index contributed by atoms with van der Waals surface area (Å²) in [6, 6.07) is 30.2. The van der Waals surface area contributed by atoms with Crippen LogP contribution in [0.2, 0.25) is 0 Å². The van der Waals surface area contributed by atoms with Gasteiger partial charge < -0.3 is 10.3 Å². The number of hydrogen-bond acceptors (Lipinski definition) is 2. The van der Waals surface area contributed by atoms with E-state index in [1.807, 2.05) is 66.7 Å². The summed E-state index contributed by atoms with van der Waals surface area (Å²) >= 11 is 0. The molecule has 166 valence electrons. The van der Waals surface area contributed by atoms with E-state index in [4.69, 9.17) is 4.98 Å². The van der Waals surface area contributed by atoms with E-state index in [1.54, 1.807) is 0 Å². The van der Waals surface area contributed by atoms with E-state index in [2.05, 4.69) is 34.6 Å². The average molecular weight is 436 g/mol. The largest absolute Gasteiger partial charge is 0.344 e. The number of H-pyrrole nitrogens is 1. The highest BCUT2D eigenvalue weighted by Crippen LogP contribution is 2.35. The van der Waals surface area contributed by atoms with Crippen molar-refractivity contribution in [3.05, 3.63) is 102 Å². The SMILES string of the molecule is O=C(NC(c1ccccc1)C1CCCCC1)c1[nH]c(-c2ccccc2)nc1-c1ccccc1. The van der Waals surface area contributed by atoms with Crippen LogP contribution in [-0.2, 0) is 0 Å². The first-order chi connectivity index (χ1) is 16.3. The van der Waals surface area contributed by atoms with Crippen molar-refractivity contribution in [2.75, 3.05) is 0 Å². The molecule has 4 nitrogen and oxygen atoms in total. The Kier molecular flexibility index (Phi) is 6.34. The third kappa shape index (κ3) is 4.75. The smallest absolute Gasteiger partial charge is 0.270 e. The Bertz CT molecular complexity index is 1180. The van der Waals surface area contributed by atoms with Crippen molar-refractivity contribution in [3.63, 3.8) is 0 Å². The number of hydrogen-bond donors (Lipinski definition) is 2. The summed E-state index contributed by atoms with van der Waals surface area (Å²) < 4.78 is 0. The third-order valence-corrected chi connectivity index (χ3v) is 6.59. The molecule has 1 amide bonds. The molecule has 2 N–H and O–H groups in total. The van der Waals surface area contributed by atoms with Gasteiger partial charge in [0.15, 0.2) is 0 Å². The minimum absolute atomic E-state index is 0.00824. The monoisotopic (exact) mass is 435 g/mol. The molecule has 1 atom stereocenters. The zero-order chi connectivity index (χ0) is 22.5. The van der Waals surface area contributed by atoms with Crippen LogP contribution in [0.15, 0.2) is 91.0 Å². The van der Waals surface area contributed by atoms with E-state index in [1.165, 1.54) is 24.8 Å². The highest BCUT2D eigenvalue weighted by atomic mass is 16.2. The number of imidazole rings is 1. The second kappa shape index (κ2) is 9.86. The van der Waals surface area contributed by atoms with Gasteiger partial charge in [-0.15, -0.1) is 0 Å². The van der Waals surface area contributed by atoms with Crippen molar-refractivity contribution < 1.29 is 4.79 Å². The summed E-state index contributed by atoms with van der Waals surface area (Å²) in [5.74, 6) is 1.04. The van der Waals surface area contributed by atoms with Crippen molar-refractivity contribution in [3.8, 4) is 22.6 Å². The molecule has 1 fully saturated rings. The van der Waals surface area contributed by atoms with Gasteiger partial charge in [-0.25, -0.2) is 4.98 Å². The minimum atomic E-state index is -0.108. The number of aromatic nitrogens is 2. The lowest BCUT2D eigenvalue weighted by molar-refractivity contribution is 0.0908. The van der Waals surface area contributed by atoms with Gasteiger partial charge in [0.1, 0.15) is 17.2 Å². The van der Waals surface area contributed by atoms with Crippen LogP contribution < -0.4 is 5.32 Å². The molecule has 1 unspecified atom stereocenters. The van der Waals surface area contributed by atoms with Gasteiger partial charge in [-0.05, 0) is 24.3 Å². The van der Waals surface area contributed by atoms with Gasteiger partial charge in [-0.1, -0.05) is 110 Å². The van der Waals surface area contributed by atoms with Crippen LogP contribution in [0.25, 0.3) is 22.6 Å². The Morgan fingerprint density at radius 1 is 0.788 bits per heavy atom. The highest BCUT2D eigenvalue weighted by molar-refractivity contribution is 5.99. The van der Waals surface area contributed by atoms with E-state index in [9.17, 15) is 4.79 Å². The maximum atomic E-state index is 13.7. The van der Waals surface area contributed by atoms with Crippen molar-refractivity contribution in [1.29, 1.82) is 0 Å². The molecule has 0 aliphatic heterocycles. The number of amides is 1. The van der Waals surface area contributed by atoms with Crippen LogP contribution in [-0.4, -0.2) is 15.9 Å². The van der Waals surface area contributed by atoms with Gasteiger partial charge in [0.2, 0.25) is 0 Å². The summed E-state index contributed by atoms with van der Waals surface area (Å²) in [7, 11) is 0. The molecule has 5 rings (SSSR count). The number of carbonyl (C=O) groups excluding carboxylic acids is 1. The molecule has 1 aromatic heterocycles. The predicted octanol–water partition coefficient (Wildman–Crippen LogP) is 6.80. The van der Waals surface area contributed by atoms with Gasteiger partial charge in [0, 0.05) is 11.1 Å². The number of nitrogens with zero attached hydrogens (tertiary/aromatic N) is 1. The highest BCUT2D eigenvalue weighted by Gasteiger charge is 2.29. The number of aromatic amines is 1. The number of carbonyl (C=O) groups is 1. The Morgan fingerprint density at radius 3 is 2.00 bits per heavy atom. The molecule has 33 heavy (non-hydrogen) atoms. The lowest BCUT2D eigenvalue weighted by atomic mass is 9.81. The Hall–Kier alpha value is -3.66. The average Bonchev–Trinajstić information content (AvgIpc) is 3.35. The first-order valence-corrected chi connectivity index (χ1v) is 11.9. The van der Waals surface area contributed by atoms with Crippen molar-refractivity contribution in [1.82, 2.24) is 15.3 Å². The zero-order valence-corrected chi connectivity index (χ0v) is 18.7. The van der Waals surface area contributed by atoms with Crippen molar-refractivity contribution in [2.24, 2.45) is 5.92 Å². The molecule has 1 saturated carbocycles. The number of nitrogens with one attached hydrogen (secondary N) is 2. The zero-order valence-electron chi connectivity index (χ0n) is 18.7. The Balaban J connectivity index is 1.51. The maximum absolute atomic E-state index is 13.7. The molecule has 0 radical (unpaired) electrons. The molecule has 3 aromatic carbocycles. The first kappa shape index (κ1) is 21.2. The second-order valence-electron chi connectivity index (χ2n) is 8.80. The van der Waals surface area contributed by atoms with Crippen LogP contribution in [0.5, 0.6) is 0 Å². The topological polar surface area (TPSA) is 57.8 Å². The lowest BCUT2D eigenvalue weighted by Crippen LogP contribution is -2.35. The number of rotatable bonds is 6. The summed E-state index contributed by atoms with van der Waals surface area (Å²) in [6.45, 7) is 0. The molecule has 4 heteroatoms. The molecule has 1 aliphatic rings. The molecular formula is C29H29N3O. The third-order valence-electron chi connectivity index (χ3n) is 6.59.